The molecule has 0 saturated heterocycles. The highest BCUT2D eigenvalue weighted by molar-refractivity contribution is 4.81. The minimum atomic E-state index is 0.757. The molecule has 0 aliphatic heterocycles. The van der Waals surface area contributed by atoms with E-state index >= 15 is 0 Å². The Morgan fingerprint density at radius 3 is 2.10 bits per heavy atom. The Morgan fingerprint density at radius 2 is 1.50 bits per heavy atom. The van der Waals surface area contributed by atoms with Crippen molar-refractivity contribution in [3.63, 3.8) is 0 Å². The monoisotopic (exact) mass is 142 g/mol. The van der Waals surface area contributed by atoms with Crippen molar-refractivity contribution in [2.24, 2.45) is 11.5 Å². The van der Waals surface area contributed by atoms with E-state index in [0.29, 0.717) is 0 Å². The minimum Gasteiger partial charge on any atom is -0.330 e. The topological polar surface area (TPSA) is 52.0 Å². The van der Waals surface area contributed by atoms with E-state index in [1.54, 1.807) is 0 Å². The first-order valence-corrected chi connectivity index (χ1v) is 3.97. The zero-order valence-corrected chi connectivity index (χ0v) is 6.55. The maximum absolute atomic E-state index is 5.33. The van der Waals surface area contributed by atoms with Gasteiger partial charge in [0.1, 0.15) is 0 Å². The third kappa shape index (κ3) is 7.66. The van der Waals surface area contributed by atoms with E-state index in [1.165, 1.54) is 6.42 Å². The molecule has 0 amide bonds. The van der Waals surface area contributed by atoms with Crippen LogP contribution in [0.5, 0.6) is 0 Å². The lowest BCUT2D eigenvalue weighted by Gasteiger charge is -1.90. The number of hydrogen-bond donors (Lipinski definition) is 2. The van der Waals surface area contributed by atoms with Crippen molar-refractivity contribution in [1.82, 2.24) is 0 Å². The lowest BCUT2D eigenvalue weighted by molar-refractivity contribution is 0.757. The lowest BCUT2D eigenvalue weighted by atomic mass is 10.2. The fraction of sp³-hybridized carbons (Fsp3) is 0.750. The van der Waals surface area contributed by atoms with E-state index < -0.39 is 0 Å². The SMILES string of the molecule is NCCC=CCCCCN. The van der Waals surface area contributed by atoms with Gasteiger partial charge >= 0.3 is 0 Å². The Morgan fingerprint density at radius 1 is 0.800 bits per heavy atom. The first-order chi connectivity index (χ1) is 4.91. The van der Waals surface area contributed by atoms with Gasteiger partial charge in [-0.25, -0.2) is 0 Å². The molecule has 4 N–H and O–H groups in total. The lowest BCUT2D eigenvalue weighted by Crippen LogP contribution is -1.97. The maximum atomic E-state index is 5.33. The number of nitrogens with two attached hydrogens (primary N) is 2. The summed E-state index contributed by atoms with van der Waals surface area (Å²) in [4.78, 5) is 0. The molecule has 0 unspecified atom stereocenters. The van der Waals surface area contributed by atoms with Crippen LogP contribution < -0.4 is 11.5 Å². The molecule has 0 aliphatic carbocycles. The van der Waals surface area contributed by atoms with Crippen molar-refractivity contribution in [1.29, 1.82) is 0 Å². The average Bonchev–Trinajstić information content (AvgIpc) is 1.97. The van der Waals surface area contributed by atoms with Gasteiger partial charge in [-0.15, -0.1) is 0 Å². The molecule has 10 heavy (non-hydrogen) atoms. The van der Waals surface area contributed by atoms with Crippen molar-refractivity contribution in [3.8, 4) is 0 Å². The van der Waals surface area contributed by atoms with Crippen LogP contribution in [0.25, 0.3) is 0 Å². The standard InChI is InChI=1S/C8H18N2/c9-7-5-3-1-2-4-6-8-10/h1,3H,2,4-10H2. The molecule has 2 heteroatoms. The van der Waals surface area contributed by atoms with Gasteiger partial charge < -0.3 is 11.5 Å². The summed E-state index contributed by atoms with van der Waals surface area (Å²) < 4.78 is 0. The Kier molecular flexibility index (Phi) is 8.37. The van der Waals surface area contributed by atoms with Crippen LogP contribution in [-0.2, 0) is 0 Å². The van der Waals surface area contributed by atoms with Crippen LogP contribution in [0.1, 0.15) is 25.7 Å². The zero-order chi connectivity index (χ0) is 7.66. The van der Waals surface area contributed by atoms with Crippen molar-refractivity contribution in [2.75, 3.05) is 13.1 Å². The van der Waals surface area contributed by atoms with E-state index in [-0.39, 0.29) is 0 Å². The molecule has 0 rings (SSSR count). The van der Waals surface area contributed by atoms with E-state index in [1.807, 2.05) is 0 Å². The molecular formula is C8H18N2. The molecular weight excluding hydrogens is 124 g/mol. The molecule has 0 saturated carbocycles. The van der Waals surface area contributed by atoms with Crippen LogP contribution in [0.4, 0.5) is 0 Å². The first-order valence-electron chi connectivity index (χ1n) is 3.97. The molecule has 0 aromatic heterocycles. The molecule has 0 fully saturated rings. The van der Waals surface area contributed by atoms with E-state index in [4.69, 9.17) is 11.5 Å². The van der Waals surface area contributed by atoms with Crippen molar-refractivity contribution >= 4 is 0 Å². The average molecular weight is 142 g/mol. The largest absolute Gasteiger partial charge is 0.330 e. The summed E-state index contributed by atoms with van der Waals surface area (Å²) in [5.74, 6) is 0. The Hall–Kier alpha value is -0.340. The quantitative estimate of drug-likeness (QED) is 0.430. The number of unbranched alkanes of at least 4 members (excludes halogenated alkanes) is 2. The van der Waals surface area contributed by atoms with Crippen LogP contribution in [0.3, 0.4) is 0 Å². The van der Waals surface area contributed by atoms with Gasteiger partial charge in [-0.05, 0) is 38.8 Å². The van der Waals surface area contributed by atoms with Gasteiger partial charge in [-0.1, -0.05) is 12.2 Å². The van der Waals surface area contributed by atoms with Gasteiger partial charge in [0.15, 0.2) is 0 Å². The molecule has 2 nitrogen and oxygen atoms in total. The van der Waals surface area contributed by atoms with E-state index in [0.717, 1.165) is 32.4 Å². The normalized spacial score (nSPS) is 11.0. The Bertz CT molecular complexity index is 79.3. The van der Waals surface area contributed by atoms with Gasteiger partial charge in [0.05, 0.1) is 0 Å². The van der Waals surface area contributed by atoms with E-state index in [9.17, 15) is 0 Å². The summed E-state index contributed by atoms with van der Waals surface area (Å²) in [7, 11) is 0. The van der Waals surface area contributed by atoms with Crippen LogP contribution >= 0.6 is 0 Å². The van der Waals surface area contributed by atoms with Crippen molar-refractivity contribution in [3.05, 3.63) is 12.2 Å². The number of hydrogen-bond acceptors (Lipinski definition) is 2. The van der Waals surface area contributed by atoms with Gasteiger partial charge in [0, 0.05) is 0 Å². The molecule has 0 aromatic rings. The van der Waals surface area contributed by atoms with Crippen molar-refractivity contribution in [2.45, 2.75) is 25.7 Å². The minimum absolute atomic E-state index is 0.757. The second-order valence-corrected chi connectivity index (χ2v) is 2.33. The van der Waals surface area contributed by atoms with Gasteiger partial charge in [-0.3, -0.25) is 0 Å². The van der Waals surface area contributed by atoms with Crippen LogP contribution in [-0.4, -0.2) is 13.1 Å². The van der Waals surface area contributed by atoms with E-state index in [2.05, 4.69) is 12.2 Å². The van der Waals surface area contributed by atoms with Gasteiger partial charge in [0.25, 0.3) is 0 Å². The van der Waals surface area contributed by atoms with Crippen LogP contribution in [0.2, 0.25) is 0 Å². The predicted molar refractivity (Wildman–Crippen MR) is 45.7 cm³/mol. The summed E-state index contributed by atoms with van der Waals surface area (Å²) in [5.41, 5.74) is 10.6. The van der Waals surface area contributed by atoms with Gasteiger partial charge in [-0.2, -0.15) is 0 Å². The Balaban J connectivity index is 2.88. The van der Waals surface area contributed by atoms with Crippen LogP contribution in [0, 0.1) is 0 Å². The smallest absolute Gasteiger partial charge is 0.00426 e. The van der Waals surface area contributed by atoms with Crippen LogP contribution in [0.15, 0.2) is 12.2 Å². The predicted octanol–water partition coefficient (Wildman–Crippen LogP) is 1.02. The molecule has 0 aliphatic rings. The fourth-order valence-corrected chi connectivity index (χ4v) is 0.738. The third-order valence-corrected chi connectivity index (χ3v) is 1.32. The van der Waals surface area contributed by atoms with Crippen molar-refractivity contribution < 1.29 is 0 Å². The number of allylic oxidation sites excluding steroid dienone is 1. The molecule has 0 spiro atoms. The summed E-state index contributed by atoms with van der Waals surface area (Å²) in [6, 6.07) is 0. The molecule has 0 heterocycles. The molecule has 0 radical (unpaired) electrons. The molecule has 0 aromatic carbocycles. The molecule has 0 bridgehead atoms. The van der Waals surface area contributed by atoms with Gasteiger partial charge in [0.2, 0.25) is 0 Å². The number of rotatable bonds is 6. The maximum Gasteiger partial charge on any atom is -0.00426 e. The summed E-state index contributed by atoms with van der Waals surface area (Å²) in [5, 5.41) is 0. The third-order valence-electron chi connectivity index (χ3n) is 1.32. The summed E-state index contributed by atoms with van der Waals surface area (Å²) >= 11 is 0. The Labute approximate surface area is 63.3 Å². The summed E-state index contributed by atoms with van der Waals surface area (Å²) in [6.07, 6.45) is 8.81. The highest BCUT2D eigenvalue weighted by atomic mass is 14.5. The summed E-state index contributed by atoms with van der Waals surface area (Å²) in [6.45, 7) is 1.57. The molecule has 0 atom stereocenters. The highest BCUT2D eigenvalue weighted by Crippen LogP contribution is 1.94. The first kappa shape index (κ1) is 9.66. The fourth-order valence-electron chi connectivity index (χ4n) is 0.738. The molecule has 60 valence electrons. The second kappa shape index (κ2) is 8.66. The highest BCUT2D eigenvalue weighted by Gasteiger charge is 1.80. The second-order valence-electron chi connectivity index (χ2n) is 2.33. The zero-order valence-electron chi connectivity index (χ0n) is 6.55.